The number of aryl methyl sites for hydroxylation is 2. The van der Waals surface area contributed by atoms with Crippen molar-refractivity contribution >= 4 is 21.7 Å². The molecule has 2 rings (SSSR count). The molecule has 2 aromatic rings. The summed E-state index contributed by atoms with van der Waals surface area (Å²) < 4.78 is 4.66. The zero-order valence-corrected chi connectivity index (χ0v) is 10.2. The zero-order chi connectivity index (χ0) is 11.0. The molecule has 0 saturated heterocycles. The van der Waals surface area contributed by atoms with Crippen LogP contribution in [0.4, 0.5) is 5.82 Å². The van der Waals surface area contributed by atoms with E-state index in [4.69, 9.17) is 5.73 Å². The second-order valence-electron chi connectivity index (χ2n) is 3.43. The summed E-state index contributed by atoms with van der Waals surface area (Å²) in [6.45, 7) is 2.65. The summed E-state index contributed by atoms with van der Waals surface area (Å²) >= 11 is 3.45. The first-order valence-electron chi connectivity index (χ1n) is 4.54. The van der Waals surface area contributed by atoms with E-state index in [0.29, 0.717) is 12.4 Å². The first-order chi connectivity index (χ1) is 7.08. The SMILES string of the molecule is Cc1cc(N)nn1Cc1c(Br)cnn1C. The van der Waals surface area contributed by atoms with Crippen LogP contribution in [-0.4, -0.2) is 19.6 Å². The number of nitrogens with zero attached hydrogens (tertiary/aromatic N) is 4. The van der Waals surface area contributed by atoms with E-state index < -0.39 is 0 Å². The molecule has 5 nitrogen and oxygen atoms in total. The summed E-state index contributed by atoms with van der Waals surface area (Å²) in [6, 6.07) is 1.85. The van der Waals surface area contributed by atoms with Crippen molar-refractivity contribution in [3.8, 4) is 0 Å². The van der Waals surface area contributed by atoms with Gasteiger partial charge in [-0.25, -0.2) is 0 Å². The standard InChI is InChI=1S/C9H12BrN5/c1-6-3-9(11)13-15(6)5-8-7(10)4-12-14(8)2/h3-4H,5H2,1-2H3,(H2,11,13). The number of nitrogens with two attached hydrogens (primary N) is 1. The van der Waals surface area contributed by atoms with Crippen LogP contribution in [0.1, 0.15) is 11.4 Å². The van der Waals surface area contributed by atoms with Crippen molar-refractivity contribution in [2.45, 2.75) is 13.5 Å². The number of rotatable bonds is 2. The predicted molar refractivity (Wildman–Crippen MR) is 61.4 cm³/mol. The highest BCUT2D eigenvalue weighted by atomic mass is 79.9. The Morgan fingerprint density at radius 1 is 1.53 bits per heavy atom. The number of hydrogen-bond donors (Lipinski definition) is 1. The van der Waals surface area contributed by atoms with Gasteiger partial charge in [0, 0.05) is 18.8 Å². The maximum absolute atomic E-state index is 5.62. The first-order valence-corrected chi connectivity index (χ1v) is 5.33. The monoisotopic (exact) mass is 269 g/mol. The minimum atomic E-state index is 0.547. The molecular weight excluding hydrogens is 258 g/mol. The molecule has 0 bridgehead atoms. The molecule has 0 fully saturated rings. The second-order valence-corrected chi connectivity index (χ2v) is 4.29. The van der Waals surface area contributed by atoms with E-state index in [-0.39, 0.29) is 0 Å². The molecule has 0 atom stereocenters. The molecule has 0 aliphatic heterocycles. The van der Waals surface area contributed by atoms with Gasteiger partial charge in [0.2, 0.25) is 0 Å². The molecular formula is C9H12BrN5. The average Bonchev–Trinajstić information content (AvgIpc) is 2.63. The van der Waals surface area contributed by atoms with Crippen molar-refractivity contribution < 1.29 is 0 Å². The second kappa shape index (κ2) is 3.69. The molecule has 15 heavy (non-hydrogen) atoms. The fourth-order valence-corrected chi connectivity index (χ4v) is 1.93. The van der Waals surface area contributed by atoms with Gasteiger partial charge in [-0.15, -0.1) is 0 Å². The molecule has 0 aliphatic rings. The molecule has 2 heterocycles. The number of nitrogen functional groups attached to an aromatic ring is 1. The van der Waals surface area contributed by atoms with Gasteiger partial charge in [-0.05, 0) is 22.9 Å². The van der Waals surface area contributed by atoms with E-state index in [0.717, 1.165) is 15.9 Å². The molecule has 0 aliphatic carbocycles. The van der Waals surface area contributed by atoms with Gasteiger partial charge in [-0.1, -0.05) is 0 Å². The van der Waals surface area contributed by atoms with Crippen molar-refractivity contribution in [1.29, 1.82) is 0 Å². The topological polar surface area (TPSA) is 61.7 Å². The summed E-state index contributed by atoms with van der Waals surface area (Å²) in [6.07, 6.45) is 1.78. The van der Waals surface area contributed by atoms with Crippen LogP contribution in [0, 0.1) is 6.92 Å². The quantitative estimate of drug-likeness (QED) is 0.895. The number of anilines is 1. The summed E-state index contributed by atoms with van der Waals surface area (Å²) in [5.74, 6) is 0.547. The third-order valence-corrected chi connectivity index (χ3v) is 2.97. The van der Waals surface area contributed by atoms with E-state index in [1.165, 1.54) is 0 Å². The van der Waals surface area contributed by atoms with Gasteiger partial charge in [0.05, 0.1) is 22.9 Å². The van der Waals surface area contributed by atoms with Crippen molar-refractivity contribution in [3.63, 3.8) is 0 Å². The molecule has 2 aromatic heterocycles. The first kappa shape index (κ1) is 10.2. The molecule has 0 spiro atoms. The molecule has 0 saturated carbocycles. The largest absolute Gasteiger partial charge is 0.382 e. The lowest BCUT2D eigenvalue weighted by Gasteiger charge is -2.05. The molecule has 0 aromatic carbocycles. The Labute approximate surface area is 96.0 Å². The maximum Gasteiger partial charge on any atom is 0.145 e. The van der Waals surface area contributed by atoms with E-state index in [9.17, 15) is 0 Å². The molecule has 0 unspecified atom stereocenters. The normalized spacial score (nSPS) is 10.9. The van der Waals surface area contributed by atoms with E-state index in [1.54, 1.807) is 6.20 Å². The van der Waals surface area contributed by atoms with Gasteiger partial charge < -0.3 is 5.73 Å². The van der Waals surface area contributed by atoms with Gasteiger partial charge in [0.1, 0.15) is 5.82 Å². The van der Waals surface area contributed by atoms with E-state index in [1.807, 2.05) is 29.4 Å². The van der Waals surface area contributed by atoms with Gasteiger partial charge in [-0.3, -0.25) is 9.36 Å². The van der Waals surface area contributed by atoms with Crippen molar-refractivity contribution in [2.24, 2.45) is 7.05 Å². The molecule has 6 heteroatoms. The Bertz CT molecular complexity index is 465. The van der Waals surface area contributed by atoms with Crippen molar-refractivity contribution in [2.75, 3.05) is 5.73 Å². The summed E-state index contributed by atoms with van der Waals surface area (Å²) in [5.41, 5.74) is 7.73. The van der Waals surface area contributed by atoms with Crippen LogP contribution in [0.2, 0.25) is 0 Å². The predicted octanol–water partition coefficient (Wildman–Crippen LogP) is 1.32. The van der Waals surface area contributed by atoms with Crippen LogP contribution in [-0.2, 0) is 13.6 Å². The Morgan fingerprint density at radius 2 is 2.27 bits per heavy atom. The van der Waals surface area contributed by atoms with Crippen LogP contribution in [0.25, 0.3) is 0 Å². The number of halogens is 1. The molecule has 2 N–H and O–H groups in total. The summed E-state index contributed by atoms with van der Waals surface area (Å²) in [5, 5.41) is 8.35. The minimum Gasteiger partial charge on any atom is -0.382 e. The third-order valence-electron chi connectivity index (χ3n) is 2.31. The molecule has 80 valence electrons. The lowest BCUT2D eigenvalue weighted by Crippen LogP contribution is -2.09. The maximum atomic E-state index is 5.62. The fourth-order valence-electron chi connectivity index (χ4n) is 1.45. The van der Waals surface area contributed by atoms with Crippen LogP contribution in [0.3, 0.4) is 0 Å². The van der Waals surface area contributed by atoms with Crippen LogP contribution in [0.15, 0.2) is 16.7 Å². The van der Waals surface area contributed by atoms with E-state index >= 15 is 0 Å². The van der Waals surface area contributed by atoms with Gasteiger partial charge in [0.25, 0.3) is 0 Å². The Hall–Kier alpha value is -1.30. The summed E-state index contributed by atoms with van der Waals surface area (Å²) in [7, 11) is 1.91. The Balaban J connectivity index is 2.33. The Kier molecular flexibility index (Phi) is 2.52. The highest BCUT2D eigenvalue weighted by molar-refractivity contribution is 9.10. The fraction of sp³-hybridized carbons (Fsp3) is 0.333. The minimum absolute atomic E-state index is 0.547. The van der Waals surface area contributed by atoms with E-state index in [2.05, 4.69) is 26.1 Å². The van der Waals surface area contributed by atoms with Crippen molar-refractivity contribution in [1.82, 2.24) is 19.6 Å². The van der Waals surface area contributed by atoms with Crippen molar-refractivity contribution in [3.05, 3.63) is 28.1 Å². The average molecular weight is 270 g/mol. The highest BCUT2D eigenvalue weighted by Crippen LogP contribution is 2.17. The Morgan fingerprint density at radius 3 is 2.73 bits per heavy atom. The highest BCUT2D eigenvalue weighted by Gasteiger charge is 2.09. The molecule has 0 amide bonds. The van der Waals surface area contributed by atoms with Gasteiger partial charge >= 0.3 is 0 Å². The summed E-state index contributed by atoms with van der Waals surface area (Å²) in [4.78, 5) is 0. The van der Waals surface area contributed by atoms with Crippen LogP contribution < -0.4 is 5.73 Å². The number of aromatic nitrogens is 4. The number of hydrogen-bond acceptors (Lipinski definition) is 3. The molecule has 0 radical (unpaired) electrons. The third kappa shape index (κ3) is 1.90. The lowest BCUT2D eigenvalue weighted by atomic mass is 10.4. The van der Waals surface area contributed by atoms with Gasteiger partial charge in [-0.2, -0.15) is 10.2 Å². The lowest BCUT2D eigenvalue weighted by molar-refractivity contribution is 0.608. The van der Waals surface area contributed by atoms with Crippen LogP contribution in [0.5, 0.6) is 0 Å². The smallest absolute Gasteiger partial charge is 0.145 e. The van der Waals surface area contributed by atoms with Gasteiger partial charge in [0.15, 0.2) is 0 Å². The van der Waals surface area contributed by atoms with Crippen LogP contribution >= 0.6 is 15.9 Å². The zero-order valence-electron chi connectivity index (χ0n) is 8.61.